The monoisotopic (exact) mass is 214 g/mol. The van der Waals surface area contributed by atoms with Gasteiger partial charge in [0.2, 0.25) is 0 Å². The second-order valence-electron chi connectivity index (χ2n) is 4.21. The molecule has 1 aliphatic heterocycles. The molecule has 0 aliphatic carbocycles. The predicted octanol–water partition coefficient (Wildman–Crippen LogP) is 1.39. The quantitative estimate of drug-likeness (QED) is 0.821. The van der Waals surface area contributed by atoms with Crippen LogP contribution in [0, 0.1) is 0 Å². The molecule has 0 saturated heterocycles. The molecule has 1 aromatic carbocycles. The number of fused-ring (bicyclic) bond motifs is 1. The molecule has 1 aliphatic rings. The van der Waals surface area contributed by atoms with Crippen molar-refractivity contribution in [1.29, 1.82) is 0 Å². The summed E-state index contributed by atoms with van der Waals surface area (Å²) < 4.78 is 1.84. The number of rotatable bonds is 2. The Hall–Kier alpha value is -1.84. The van der Waals surface area contributed by atoms with Gasteiger partial charge >= 0.3 is 0 Å². The van der Waals surface area contributed by atoms with E-state index in [-0.39, 0.29) is 0 Å². The second kappa shape index (κ2) is 3.63. The van der Waals surface area contributed by atoms with Gasteiger partial charge in [-0.05, 0) is 18.1 Å². The van der Waals surface area contributed by atoms with E-state index in [0.29, 0.717) is 6.04 Å². The normalized spacial score (nSPS) is 18.2. The SMILES string of the molecule is Cn1ncnc1CC1Cc2ccccc2N1. The molecule has 1 atom stereocenters. The van der Waals surface area contributed by atoms with Gasteiger partial charge in [0.15, 0.2) is 0 Å². The van der Waals surface area contributed by atoms with Crippen LogP contribution in [0.5, 0.6) is 0 Å². The maximum absolute atomic E-state index is 4.25. The van der Waals surface area contributed by atoms with E-state index in [1.54, 1.807) is 6.33 Å². The molecule has 3 rings (SSSR count). The Labute approximate surface area is 94.3 Å². The van der Waals surface area contributed by atoms with Crippen molar-refractivity contribution in [3.05, 3.63) is 42.0 Å². The fourth-order valence-corrected chi connectivity index (χ4v) is 2.22. The Morgan fingerprint density at radius 2 is 2.31 bits per heavy atom. The highest BCUT2D eigenvalue weighted by atomic mass is 15.3. The molecule has 1 unspecified atom stereocenters. The van der Waals surface area contributed by atoms with Crippen molar-refractivity contribution in [2.24, 2.45) is 7.05 Å². The topological polar surface area (TPSA) is 42.7 Å². The molecular formula is C12H14N4. The van der Waals surface area contributed by atoms with E-state index in [2.05, 4.69) is 39.7 Å². The lowest BCUT2D eigenvalue weighted by Gasteiger charge is -2.09. The molecule has 82 valence electrons. The van der Waals surface area contributed by atoms with Gasteiger partial charge in [-0.1, -0.05) is 18.2 Å². The van der Waals surface area contributed by atoms with Crippen molar-refractivity contribution < 1.29 is 0 Å². The Bertz CT molecular complexity index is 478. The summed E-state index contributed by atoms with van der Waals surface area (Å²) in [5.74, 6) is 1.03. The van der Waals surface area contributed by atoms with Crippen molar-refractivity contribution >= 4 is 5.69 Å². The van der Waals surface area contributed by atoms with E-state index in [0.717, 1.165) is 18.7 Å². The number of aryl methyl sites for hydroxylation is 1. The minimum atomic E-state index is 0.445. The van der Waals surface area contributed by atoms with Crippen molar-refractivity contribution in [3.63, 3.8) is 0 Å². The summed E-state index contributed by atoms with van der Waals surface area (Å²) in [7, 11) is 1.93. The fraction of sp³-hybridized carbons (Fsp3) is 0.333. The molecule has 2 heterocycles. The number of benzene rings is 1. The third-order valence-electron chi connectivity index (χ3n) is 3.08. The van der Waals surface area contributed by atoms with E-state index in [4.69, 9.17) is 0 Å². The van der Waals surface area contributed by atoms with Gasteiger partial charge in [0.05, 0.1) is 0 Å². The molecule has 0 fully saturated rings. The standard InChI is InChI=1S/C12H14N4/c1-16-12(13-8-14-16)7-10-6-9-4-2-3-5-11(9)15-10/h2-5,8,10,15H,6-7H2,1H3. The summed E-state index contributed by atoms with van der Waals surface area (Å²) in [5.41, 5.74) is 2.66. The van der Waals surface area contributed by atoms with Crippen LogP contribution in [-0.2, 0) is 19.9 Å². The molecule has 2 aromatic rings. The van der Waals surface area contributed by atoms with Crippen LogP contribution in [-0.4, -0.2) is 20.8 Å². The predicted molar refractivity (Wildman–Crippen MR) is 62.3 cm³/mol. The van der Waals surface area contributed by atoms with Crippen LogP contribution < -0.4 is 5.32 Å². The maximum atomic E-state index is 4.25. The van der Waals surface area contributed by atoms with Gasteiger partial charge < -0.3 is 5.32 Å². The van der Waals surface area contributed by atoms with E-state index in [9.17, 15) is 0 Å². The van der Waals surface area contributed by atoms with Crippen LogP contribution in [0.25, 0.3) is 0 Å². The summed E-state index contributed by atoms with van der Waals surface area (Å²) in [6.07, 6.45) is 3.60. The van der Waals surface area contributed by atoms with Gasteiger partial charge in [0, 0.05) is 25.2 Å². The number of para-hydroxylation sites is 1. The largest absolute Gasteiger partial charge is 0.381 e. The first-order valence-electron chi connectivity index (χ1n) is 5.50. The van der Waals surface area contributed by atoms with Gasteiger partial charge in [-0.25, -0.2) is 4.98 Å². The van der Waals surface area contributed by atoms with Gasteiger partial charge in [0.1, 0.15) is 12.2 Å². The summed E-state index contributed by atoms with van der Waals surface area (Å²) in [5, 5.41) is 7.60. The molecule has 1 aromatic heterocycles. The van der Waals surface area contributed by atoms with Crippen molar-refractivity contribution in [3.8, 4) is 0 Å². The van der Waals surface area contributed by atoms with Crippen LogP contribution in [0.3, 0.4) is 0 Å². The fourth-order valence-electron chi connectivity index (χ4n) is 2.22. The zero-order chi connectivity index (χ0) is 11.0. The minimum absolute atomic E-state index is 0.445. The highest BCUT2D eigenvalue weighted by molar-refractivity contribution is 5.56. The third kappa shape index (κ3) is 1.56. The van der Waals surface area contributed by atoms with Crippen LogP contribution in [0.1, 0.15) is 11.4 Å². The number of anilines is 1. The van der Waals surface area contributed by atoms with Crippen molar-refractivity contribution in [2.45, 2.75) is 18.9 Å². The Kier molecular flexibility index (Phi) is 2.13. The van der Waals surface area contributed by atoms with Crippen LogP contribution in [0.15, 0.2) is 30.6 Å². The van der Waals surface area contributed by atoms with E-state index in [1.807, 2.05) is 11.7 Å². The van der Waals surface area contributed by atoms with Crippen LogP contribution in [0.2, 0.25) is 0 Å². The number of hydrogen-bond acceptors (Lipinski definition) is 3. The first-order chi connectivity index (χ1) is 7.83. The maximum Gasteiger partial charge on any atom is 0.138 e. The molecule has 0 bridgehead atoms. The van der Waals surface area contributed by atoms with Crippen LogP contribution >= 0.6 is 0 Å². The van der Waals surface area contributed by atoms with Crippen LogP contribution in [0.4, 0.5) is 5.69 Å². The van der Waals surface area contributed by atoms with Gasteiger partial charge in [-0.3, -0.25) is 4.68 Å². The third-order valence-corrected chi connectivity index (χ3v) is 3.08. The Morgan fingerprint density at radius 1 is 1.44 bits per heavy atom. The molecule has 16 heavy (non-hydrogen) atoms. The molecular weight excluding hydrogens is 200 g/mol. The lowest BCUT2D eigenvalue weighted by molar-refractivity contribution is 0.643. The van der Waals surface area contributed by atoms with Crippen molar-refractivity contribution in [2.75, 3.05) is 5.32 Å². The molecule has 0 amide bonds. The van der Waals surface area contributed by atoms with Crippen molar-refractivity contribution in [1.82, 2.24) is 14.8 Å². The molecule has 4 nitrogen and oxygen atoms in total. The lowest BCUT2D eigenvalue weighted by atomic mass is 10.1. The van der Waals surface area contributed by atoms with Gasteiger partial charge in [-0.2, -0.15) is 5.10 Å². The number of aromatic nitrogens is 3. The summed E-state index contributed by atoms with van der Waals surface area (Å²) in [4.78, 5) is 4.25. The molecule has 1 N–H and O–H groups in total. The molecule has 4 heteroatoms. The second-order valence-corrected chi connectivity index (χ2v) is 4.21. The van der Waals surface area contributed by atoms with E-state index >= 15 is 0 Å². The first kappa shape index (κ1) is 9.39. The first-order valence-corrected chi connectivity index (χ1v) is 5.50. The zero-order valence-corrected chi connectivity index (χ0v) is 9.22. The summed E-state index contributed by atoms with van der Waals surface area (Å²) in [6, 6.07) is 8.91. The average molecular weight is 214 g/mol. The van der Waals surface area contributed by atoms with E-state index < -0.39 is 0 Å². The molecule has 0 radical (unpaired) electrons. The van der Waals surface area contributed by atoms with E-state index in [1.165, 1.54) is 11.3 Å². The molecule has 0 saturated carbocycles. The molecule has 0 spiro atoms. The number of hydrogen-bond donors (Lipinski definition) is 1. The summed E-state index contributed by atoms with van der Waals surface area (Å²) >= 11 is 0. The number of nitrogens with zero attached hydrogens (tertiary/aromatic N) is 3. The highest BCUT2D eigenvalue weighted by Gasteiger charge is 2.21. The van der Waals surface area contributed by atoms with Gasteiger partial charge in [-0.15, -0.1) is 0 Å². The smallest absolute Gasteiger partial charge is 0.138 e. The summed E-state index contributed by atoms with van der Waals surface area (Å²) in [6.45, 7) is 0. The minimum Gasteiger partial charge on any atom is -0.381 e. The zero-order valence-electron chi connectivity index (χ0n) is 9.22. The number of nitrogens with one attached hydrogen (secondary N) is 1. The Morgan fingerprint density at radius 3 is 3.06 bits per heavy atom. The lowest BCUT2D eigenvalue weighted by Crippen LogP contribution is -2.20. The van der Waals surface area contributed by atoms with Gasteiger partial charge in [0.25, 0.3) is 0 Å². The Balaban J connectivity index is 1.75. The average Bonchev–Trinajstić information content (AvgIpc) is 2.85. The highest BCUT2D eigenvalue weighted by Crippen LogP contribution is 2.26.